The number of likely N-dealkylation sites (tertiary alicyclic amines) is 1. The van der Waals surface area contributed by atoms with Crippen molar-refractivity contribution in [3.05, 3.63) is 65.2 Å². The van der Waals surface area contributed by atoms with Crippen molar-refractivity contribution >= 4 is 24.1 Å². The van der Waals surface area contributed by atoms with Gasteiger partial charge in [0.05, 0.1) is 28.5 Å². The number of likely N-dealkylation sites (N-methyl/N-ethyl adjacent to an activating group) is 1. The molecular formula is C23H28ClN3O3. The zero-order valence-corrected chi connectivity index (χ0v) is 17.9. The number of nitriles is 1. The topological polar surface area (TPSA) is 87.8 Å². The van der Waals surface area contributed by atoms with Gasteiger partial charge in [-0.3, -0.25) is 0 Å². The van der Waals surface area contributed by atoms with Gasteiger partial charge in [0.15, 0.2) is 0 Å². The van der Waals surface area contributed by atoms with Gasteiger partial charge < -0.3 is 20.0 Å². The minimum atomic E-state index is -0.961. The largest absolute Gasteiger partial charge is 0.478 e. The van der Waals surface area contributed by atoms with Crippen LogP contribution in [0.4, 0.5) is 5.69 Å². The lowest BCUT2D eigenvalue weighted by molar-refractivity contribution is -0.0137. The standard InChI is InChI=1S/C23H27N3O3.ClH/c1-25(21-5-3-2-4-20(21)22(27)28)17-23(29)11-14-26(15-12-23)13-10-18-6-8-19(16-24)9-7-18;/h2-9,29H,10-15,17H2,1H3,(H,27,28);1H. The van der Waals surface area contributed by atoms with Crippen molar-refractivity contribution in [1.29, 1.82) is 5.26 Å². The van der Waals surface area contributed by atoms with E-state index in [0.717, 1.165) is 26.1 Å². The first kappa shape index (κ1) is 23.7. The number of hydrogen-bond acceptors (Lipinski definition) is 5. The smallest absolute Gasteiger partial charge is 0.337 e. The monoisotopic (exact) mass is 429 g/mol. The van der Waals surface area contributed by atoms with Gasteiger partial charge in [0.1, 0.15) is 0 Å². The van der Waals surface area contributed by atoms with E-state index in [2.05, 4.69) is 11.0 Å². The number of aliphatic hydroxyl groups is 1. The highest BCUT2D eigenvalue weighted by molar-refractivity contribution is 5.94. The Bertz CT molecular complexity index is 887. The van der Waals surface area contributed by atoms with E-state index in [9.17, 15) is 15.0 Å². The molecule has 0 aliphatic carbocycles. The Morgan fingerprint density at radius 3 is 2.40 bits per heavy atom. The summed E-state index contributed by atoms with van der Waals surface area (Å²) in [5, 5.41) is 29.3. The highest BCUT2D eigenvalue weighted by atomic mass is 35.5. The van der Waals surface area contributed by atoms with Crippen LogP contribution in [0.15, 0.2) is 48.5 Å². The summed E-state index contributed by atoms with van der Waals surface area (Å²) in [6.45, 7) is 2.93. The fourth-order valence-electron chi connectivity index (χ4n) is 3.90. The predicted molar refractivity (Wildman–Crippen MR) is 119 cm³/mol. The second-order valence-corrected chi connectivity index (χ2v) is 7.80. The summed E-state index contributed by atoms with van der Waals surface area (Å²) in [4.78, 5) is 15.6. The second kappa shape index (κ2) is 10.4. The van der Waals surface area contributed by atoms with E-state index in [4.69, 9.17) is 5.26 Å². The second-order valence-electron chi connectivity index (χ2n) is 7.80. The molecule has 2 N–H and O–H groups in total. The molecule has 6 nitrogen and oxygen atoms in total. The molecule has 0 saturated carbocycles. The third kappa shape index (κ3) is 5.96. The van der Waals surface area contributed by atoms with Gasteiger partial charge in [-0.2, -0.15) is 5.26 Å². The van der Waals surface area contributed by atoms with Crippen LogP contribution in [0.1, 0.15) is 34.3 Å². The molecule has 0 atom stereocenters. The number of para-hydroxylation sites is 1. The van der Waals surface area contributed by atoms with Crippen molar-refractivity contribution in [2.45, 2.75) is 24.9 Å². The maximum absolute atomic E-state index is 11.5. The van der Waals surface area contributed by atoms with Crippen LogP contribution in [-0.2, 0) is 6.42 Å². The summed E-state index contributed by atoms with van der Waals surface area (Å²) in [6, 6.07) is 16.7. The number of piperidine rings is 1. The predicted octanol–water partition coefficient (Wildman–Crippen LogP) is 3.18. The molecule has 2 aromatic carbocycles. The van der Waals surface area contributed by atoms with E-state index in [1.807, 2.05) is 42.3 Å². The molecule has 1 heterocycles. The number of carboxylic acids is 1. The van der Waals surface area contributed by atoms with Crippen LogP contribution >= 0.6 is 12.4 Å². The van der Waals surface area contributed by atoms with Crippen LogP contribution in [0.5, 0.6) is 0 Å². The van der Waals surface area contributed by atoms with E-state index in [0.29, 0.717) is 30.6 Å². The van der Waals surface area contributed by atoms with Gasteiger partial charge in [-0.25, -0.2) is 4.79 Å². The summed E-state index contributed by atoms with van der Waals surface area (Å²) in [6.07, 6.45) is 2.22. The highest BCUT2D eigenvalue weighted by Crippen LogP contribution is 2.27. The highest BCUT2D eigenvalue weighted by Gasteiger charge is 2.33. The molecule has 0 spiro atoms. The first-order valence-electron chi connectivity index (χ1n) is 9.87. The number of nitrogens with zero attached hydrogens (tertiary/aromatic N) is 3. The molecule has 0 aromatic heterocycles. The molecule has 2 aromatic rings. The molecule has 3 rings (SSSR count). The van der Waals surface area contributed by atoms with Gasteiger partial charge in [0, 0.05) is 33.2 Å². The lowest BCUT2D eigenvalue weighted by Gasteiger charge is -2.41. The maximum Gasteiger partial charge on any atom is 0.337 e. The minimum absolute atomic E-state index is 0. The molecular weight excluding hydrogens is 402 g/mol. The Hall–Kier alpha value is -2.59. The van der Waals surface area contributed by atoms with Crippen LogP contribution in [0.3, 0.4) is 0 Å². The fraction of sp³-hybridized carbons (Fsp3) is 0.391. The summed E-state index contributed by atoms with van der Waals surface area (Å²) >= 11 is 0. The lowest BCUT2D eigenvalue weighted by Crippen LogP contribution is -2.50. The number of benzene rings is 2. The summed E-state index contributed by atoms with van der Waals surface area (Å²) in [7, 11) is 1.83. The maximum atomic E-state index is 11.5. The van der Waals surface area contributed by atoms with Gasteiger partial charge in [-0.1, -0.05) is 24.3 Å². The van der Waals surface area contributed by atoms with Crippen LogP contribution in [0.2, 0.25) is 0 Å². The molecule has 0 amide bonds. The van der Waals surface area contributed by atoms with E-state index < -0.39 is 11.6 Å². The quantitative estimate of drug-likeness (QED) is 0.702. The summed E-state index contributed by atoms with van der Waals surface area (Å²) in [5.41, 5.74) is 1.92. The van der Waals surface area contributed by atoms with Gasteiger partial charge >= 0.3 is 5.97 Å². The number of halogens is 1. The van der Waals surface area contributed by atoms with Crippen molar-refractivity contribution in [2.24, 2.45) is 0 Å². The van der Waals surface area contributed by atoms with Crippen molar-refractivity contribution in [3.8, 4) is 6.07 Å². The van der Waals surface area contributed by atoms with E-state index >= 15 is 0 Å². The normalized spacial score (nSPS) is 15.6. The zero-order chi connectivity index (χ0) is 20.9. The molecule has 0 bridgehead atoms. The van der Waals surface area contributed by atoms with Crippen LogP contribution in [0, 0.1) is 11.3 Å². The van der Waals surface area contributed by atoms with E-state index in [1.165, 1.54) is 5.56 Å². The number of aromatic carboxylic acids is 1. The Balaban J connectivity index is 0.00000320. The molecule has 0 radical (unpaired) electrons. The van der Waals surface area contributed by atoms with Gasteiger partial charge in [0.2, 0.25) is 0 Å². The van der Waals surface area contributed by atoms with Crippen molar-refractivity contribution < 1.29 is 15.0 Å². The lowest BCUT2D eigenvalue weighted by atomic mass is 9.90. The van der Waals surface area contributed by atoms with Crippen LogP contribution in [0.25, 0.3) is 0 Å². The average molecular weight is 430 g/mol. The summed E-state index contributed by atoms with van der Waals surface area (Å²) < 4.78 is 0. The number of hydrogen-bond donors (Lipinski definition) is 2. The Morgan fingerprint density at radius 2 is 1.80 bits per heavy atom. The van der Waals surface area contributed by atoms with Gasteiger partial charge in [-0.05, 0) is 49.1 Å². The van der Waals surface area contributed by atoms with E-state index in [1.54, 1.807) is 18.2 Å². The first-order valence-corrected chi connectivity index (χ1v) is 9.87. The average Bonchev–Trinajstić information content (AvgIpc) is 2.73. The SMILES string of the molecule is CN(CC1(O)CCN(CCc2ccc(C#N)cc2)CC1)c1ccccc1C(=O)O.Cl. The van der Waals surface area contributed by atoms with Crippen molar-refractivity contribution in [1.82, 2.24) is 4.90 Å². The molecule has 160 valence electrons. The Kier molecular flexibility index (Phi) is 8.24. The summed E-state index contributed by atoms with van der Waals surface area (Å²) in [5.74, 6) is -0.961. The molecule has 7 heteroatoms. The van der Waals surface area contributed by atoms with Crippen molar-refractivity contribution in [3.63, 3.8) is 0 Å². The molecule has 1 aliphatic heterocycles. The van der Waals surface area contributed by atoms with Gasteiger partial charge in [-0.15, -0.1) is 12.4 Å². The molecule has 0 unspecified atom stereocenters. The fourth-order valence-corrected chi connectivity index (χ4v) is 3.90. The van der Waals surface area contributed by atoms with Crippen LogP contribution < -0.4 is 4.90 Å². The van der Waals surface area contributed by atoms with Gasteiger partial charge in [0.25, 0.3) is 0 Å². The third-order valence-corrected chi connectivity index (χ3v) is 5.66. The number of anilines is 1. The van der Waals surface area contributed by atoms with Crippen molar-refractivity contribution in [2.75, 3.05) is 38.1 Å². The third-order valence-electron chi connectivity index (χ3n) is 5.66. The number of rotatable bonds is 7. The zero-order valence-electron chi connectivity index (χ0n) is 17.1. The minimum Gasteiger partial charge on any atom is -0.478 e. The Morgan fingerprint density at radius 1 is 1.17 bits per heavy atom. The van der Waals surface area contributed by atoms with Crippen LogP contribution in [-0.4, -0.2) is 59.9 Å². The molecule has 1 aliphatic rings. The Labute approximate surface area is 183 Å². The first-order chi connectivity index (χ1) is 13.9. The number of carboxylic acid groups (broad SMARTS) is 1. The molecule has 30 heavy (non-hydrogen) atoms. The number of carbonyl (C=O) groups is 1. The van der Waals surface area contributed by atoms with E-state index in [-0.39, 0.29) is 18.0 Å². The molecule has 1 saturated heterocycles. The molecule has 1 fully saturated rings.